The van der Waals surface area contributed by atoms with E-state index in [1.165, 1.54) is 12.3 Å². The smallest absolute Gasteiger partial charge is 0.247 e. The number of nitrogens with one attached hydrogen (secondary N) is 3. The number of methoxy groups -OCH3 is 1. The van der Waals surface area contributed by atoms with Gasteiger partial charge in [0.25, 0.3) is 0 Å². The molecule has 10 nitrogen and oxygen atoms in total. The Labute approximate surface area is 246 Å². The standard InChI is InChI=1S/C31H51N3O7/c1-8-23(5)30(34-29(37)16-17-40-20-21-41-19-18-39-7)28(36)22-32-27(11-4)31(38)33-26(10-3)15-14-25(9-2)13-12-24(6)35/h9,14-17,23,27,30,32H,2,8,10-13,18-22H2,1,3-7H3,(H,33,38)(H,34,37)/b17-16-,25-14+,26-15+/t23?,27?,30-/m0/s1. The van der Waals surface area contributed by atoms with E-state index in [2.05, 4.69) is 22.5 Å². The quantitative estimate of drug-likeness (QED) is 0.0687. The van der Waals surface area contributed by atoms with Crippen molar-refractivity contribution < 1.29 is 33.4 Å². The van der Waals surface area contributed by atoms with Gasteiger partial charge in [-0.25, -0.2) is 0 Å². The van der Waals surface area contributed by atoms with Crippen molar-refractivity contribution in [2.75, 3.05) is 40.1 Å². The van der Waals surface area contributed by atoms with Crippen LogP contribution in [0, 0.1) is 5.92 Å². The molecule has 0 bridgehead atoms. The summed E-state index contributed by atoms with van der Waals surface area (Å²) in [6, 6.07) is -1.31. The summed E-state index contributed by atoms with van der Waals surface area (Å²) in [7, 11) is 1.59. The monoisotopic (exact) mass is 577 g/mol. The lowest BCUT2D eigenvalue weighted by atomic mass is 9.95. The van der Waals surface area contributed by atoms with Gasteiger partial charge in [-0.05, 0) is 43.8 Å². The zero-order valence-electron chi connectivity index (χ0n) is 25.8. The first-order valence-electron chi connectivity index (χ1n) is 14.4. The van der Waals surface area contributed by atoms with Gasteiger partial charge in [-0.1, -0.05) is 52.8 Å². The Hall–Kier alpha value is -3.08. The van der Waals surface area contributed by atoms with Gasteiger partial charge in [-0.3, -0.25) is 19.7 Å². The normalized spacial score (nSPS) is 14.3. The zero-order chi connectivity index (χ0) is 31.0. The second kappa shape index (κ2) is 23.6. The molecule has 232 valence electrons. The summed E-state index contributed by atoms with van der Waals surface area (Å²) >= 11 is 0. The van der Waals surface area contributed by atoms with Crippen molar-refractivity contribution in [1.82, 2.24) is 16.0 Å². The number of hydrogen-bond donors (Lipinski definition) is 3. The highest BCUT2D eigenvalue weighted by molar-refractivity contribution is 5.94. The van der Waals surface area contributed by atoms with E-state index in [1.54, 1.807) is 20.1 Å². The van der Waals surface area contributed by atoms with Gasteiger partial charge in [0, 0.05) is 25.3 Å². The van der Waals surface area contributed by atoms with Gasteiger partial charge in [0.15, 0.2) is 5.78 Å². The molecular weight excluding hydrogens is 526 g/mol. The average molecular weight is 578 g/mol. The highest BCUT2D eigenvalue weighted by Gasteiger charge is 2.26. The summed E-state index contributed by atoms with van der Waals surface area (Å²) in [5.41, 5.74) is 1.62. The van der Waals surface area contributed by atoms with Gasteiger partial charge in [-0.2, -0.15) is 0 Å². The van der Waals surface area contributed by atoms with Crippen LogP contribution in [0.25, 0.3) is 0 Å². The topological polar surface area (TPSA) is 132 Å². The molecule has 0 heterocycles. The fourth-order valence-corrected chi connectivity index (χ4v) is 3.54. The molecule has 0 aliphatic carbocycles. The number of amides is 2. The lowest BCUT2D eigenvalue weighted by Gasteiger charge is -2.24. The molecule has 0 rings (SSSR count). The molecule has 0 aliphatic heterocycles. The van der Waals surface area contributed by atoms with Crippen LogP contribution in [0.3, 0.4) is 0 Å². The number of Topliss-reactive ketones (excluding diaryl/α,β-unsaturated/α-hetero) is 2. The van der Waals surface area contributed by atoms with Crippen LogP contribution in [0.2, 0.25) is 0 Å². The minimum atomic E-state index is -0.717. The van der Waals surface area contributed by atoms with Crippen molar-refractivity contribution in [3.8, 4) is 0 Å². The molecule has 0 fully saturated rings. The molecule has 0 spiro atoms. The third-order valence-electron chi connectivity index (χ3n) is 6.39. The van der Waals surface area contributed by atoms with E-state index in [0.717, 1.165) is 5.57 Å². The van der Waals surface area contributed by atoms with Crippen LogP contribution in [-0.2, 0) is 33.4 Å². The van der Waals surface area contributed by atoms with Crippen LogP contribution in [0.5, 0.6) is 0 Å². The summed E-state index contributed by atoms with van der Waals surface area (Å²) in [5, 5.41) is 8.73. The molecule has 0 radical (unpaired) electrons. The van der Waals surface area contributed by atoms with Crippen LogP contribution in [-0.4, -0.2) is 75.5 Å². The number of hydrogen-bond acceptors (Lipinski definition) is 8. The van der Waals surface area contributed by atoms with Crippen molar-refractivity contribution in [1.29, 1.82) is 0 Å². The summed E-state index contributed by atoms with van der Waals surface area (Å²) in [6.45, 7) is 14.5. The molecule has 0 aromatic heterocycles. The number of rotatable bonds is 24. The Morgan fingerprint density at radius 1 is 0.951 bits per heavy atom. The van der Waals surface area contributed by atoms with Gasteiger partial charge in [0.2, 0.25) is 11.8 Å². The number of allylic oxidation sites excluding steroid dienone is 5. The van der Waals surface area contributed by atoms with E-state index in [1.807, 2.05) is 39.8 Å². The molecular formula is C31H51N3O7. The van der Waals surface area contributed by atoms with Crippen molar-refractivity contribution >= 4 is 23.4 Å². The molecule has 2 amide bonds. The van der Waals surface area contributed by atoms with E-state index in [-0.39, 0.29) is 36.5 Å². The van der Waals surface area contributed by atoms with E-state index >= 15 is 0 Å². The number of carbonyl (C=O) groups excluding carboxylic acids is 4. The Kier molecular flexibility index (Phi) is 21.8. The molecule has 0 aliphatic rings. The molecule has 3 N–H and O–H groups in total. The van der Waals surface area contributed by atoms with E-state index in [0.29, 0.717) is 57.6 Å². The molecule has 41 heavy (non-hydrogen) atoms. The third kappa shape index (κ3) is 18.1. The van der Waals surface area contributed by atoms with Gasteiger partial charge in [0.05, 0.1) is 44.7 Å². The molecule has 0 aromatic rings. The molecule has 10 heteroatoms. The second-order valence-electron chi connectivity index (χ2n) is 9.64. The van der Waals surface area contributed by atoms with E-state index in [9.17, 15) is 19.2 Å². The van der Waals surface area contributed by atoms with E-state index < -0.39 is 18.0 Å². The first-order chi connectivity index (χ1) is 19.6. The van der Waals surface area contributed by atoms with Crippen molar-refractivity contribution in [2.45, 2.75) is 78.8 Å². The Morgan fingerprint density at radius 3 is 2.24 bits per heavy atom. The maximum absolute atomic E-state index is 13.1. The second-order valence-corrected chi connectivity index (χ2v) is 9.64. The Bertz CT molecular complexity index is 911. The molecule has 0 saturated carbocycles. The minimum Gasteiger partial charge on any atom is -0.499 e. The first kappa shape index (κ1) is 37.9. The fraction of sp³-hybridized carbons (Fsp3) is 0.613. The summed E-state index contributed by atoms with van der Waals surface area (Å²) in [6.07, 6.45) is 10.6. The maximum Gasteiger partial charge on any atom is 0.247 e. The van der Waals surface area contributed by atoms with Crippen molar-refractivity contribution in [2.24, 2.45) is 5.92 Å². The summed E-state index contributed by atoms with van der Waals surface area (Å²) in [4.78, 5) is 49.7. The Balaban J connectivity index is 5.04. The average Bonchev–Trinajstić information content (AvgIpc) is 2.96. The molecule has 2 unspecified atom stereocenters. The van der Waals surface area contributed by atoms with Crippen LogP contribution >= 0.6 is 0 Å². The van der Waals surface area contributed by atoms with Gasteiger partial charge >= 0.3 is 0 Å². The molecule has 0 aromatic carbocycles. The highest BCUT2D eigenvalue weighted by atomic mass is 16.5. The number of ether oxygens (including phenoxy) is 3. The Morgan fingerprint density at radius 2 is 1.66 bits per heavy atom. The lowest BCUT2D eigenvalue weighted by molar-refractivity contribution is -0.127. The minimum absolute atomic E-state index is 0.0724. The van der Waals surface area contributed by atoms with Crippen molar-refractivity contribution in [3.63, 3.8) is 0 Å². The molecule has 3 atom stereocenters. The maximum atomic E-state index is 13.1. The molecule has 0 saturated heterocycles. The number of carbonyl (C=O) groups is 4. The summed E-state index contributed by atoms with van der Waals surface area (Å²) < 4.78 is 15.4. The SMILES string of the molecule is C=C/C(=C\C=C(/CC)NC(=O)C(CC)NCC(=O)[C@@H](NC(=O)/C=C\OCCOCCOC)C(C)CC)CCC(C)=O. The van der Waals surface area contributed by atoms with Crippen LogP contribution in [0.4, 0.5) is 0 Å². The number of ketones is 2. The summed E-state index contributed by atoms with van der Waals surface area (Å²) in [5.74, 6) is -0.902. The van der Waals surface area contributed by atoms with Gasteiger partial charge in [0.1, 0.15) is 12.4 Å². The first-order valence-corrected chi connectivity index (χ1v) is 14.4. The highest BCUT2D eigenvalue weighted by Crippen LogP contribution is 2.10. The largest absolute Gasteiger partial charge is 0.499 e. The van der Waals surface area contributed by atoms with Crippen LogP contribution < -0.4 is 16.0 Å². The van der Waals surface area contributed by atoms with Gasteiger partial charge < -0.3 is 29.6 Å². The van der Waals surface area contributed by atoms with Gasteiger partial charge in [-0.15, -0.1) is 0 Å². The van der Waals surface area contributed by atoms with Crippen LogP contribution in [0.1, 0.15) is 66.7 Å². The third-order valence-corrected chi connectivity index (χ3v) is 6.39. The predicted molar refractivity (Wildman–Crippen MR) is 161 cm³/mol. The zero-order valence-corrected chi connectivity index (χ0v) is 25.8. The van der Waals surface area contributed by atoms with E-state index in [4.69, 9.17) is 14.2 Å². The predicted octanol–water partition coefficient (Wildman–Crippen LogP) is 3.54. The van der Waals surface area contributed by atoms with Crippen molar-refractivity contribution in [3.05, 3.63) is 48.4 Å². The lowest BCUT2D eigenvalue weighted by Crippen LogP contribution is -2.51. The fourth-order valence-electron chi connectivity index (χ4n) is 3.54. The van der Waals surface area contributed by atoms with Crippen LogP contribution in [0.15, 0.2) is 48.4 Å².